The smallest absolute Gasteiger partial charge is 0.261 e. The highest BCUT2D eigenvalue weighted by molar-refractivity contribution is 6.31. The van der Waals surface area contributed by atoms with Gasteiger partial charge in [0.2, 0.25) is 0 Å². The molecule has 148 valence electrons. The maximum absolute atomic E-state index is 12.8. The number of benzene rings is 3. The molecule has 0 saturated heterocycles. The molecule has 0 fully saturated rings. The molecule has 0 spiro atoms. The lowest BCUT2D eigenvalue weighted by Crippen LogP contribution is -2.20. The first-order valence-corrected chi connectivity index (χ1v) is 10.2. The standard InChI is InChI=1S/C25H19ClN2O2/c26-20-9-10-22-23(15-20)27-24-19(11-12-28(24)25(22)29)13-18-7-4-8-21(14-18)30-16-17-5-2-1-3-6-17/h1-10,13-15H,11-12,16H2/b19-13+. The number of ether oxygens (including phenoxy) is 1. The Hall–Kier alpha value is -3.37. The van der Waals surface area contributed by atoms with Crippen molar-refractivity contribution in [2.75, 3.05) is 0 Å². The van der Waals surface area contributed by atoms with E-state index in [-0.39, 0.29) is 5.56 Å². The lowest BCUT2D eigenvalue weighted by Gasteiger charge is -2.08. The van der Waals surface area contributed by atoms with E-state index in [4.69, 9.17) is 21.3 Å². The number of rotatable bonds is 4. The molecule has 1 aromatic heterocycles. The Morgan fingerprint density at radius 2 is 1.90 bits per heavy atom. The number of halogens is 1. The van der Waals surface area contributed by atoms with Crippen molar-refractivity contribution in [3.63, 3.8) is 0 Å². The monoisotopic (exact) mass is 414 g/mol. The van der Waals surface area contributed by atoms with Gasteiger partial charge in [0.1, 0.15) is 18.2 Å². The van der Waals surface area contributed by atoms with Gasteiger partial charge in [-0.1, -0.05) is 54.1 Å². The molecular weight excluding hydrogens is 396 g/mol. The molecule has 4 nitrogen and oxygen atoms in total. The minimum atomic E-state index is -0.0185. The molecule has 0 N–H and O–H groups in total. The molecule has 4 aromatic rings. The Balaban J connectivity index is 1.46. The van der Waals surface area contributed by atoms with Crippen molar-refractivity contribution in [3.8, 4) is 5.75 Å². The third kappa shape index (κ3) is 3.62. The summed E-state index contributed by atoms with van der Waals surface area (Å²) in [5.41, 5.74) is 3.79. The molecule has 1 aliphatic rings. The van der Waals surface area contributed by atoms with Crippen molar-refractivity contribution in [1.29, 1.82) is 0 Å². The Kier molecular flexibility index (Phi) is 4.85. The van der Waals surface area contributed by atoms with Crippen molar-refractivity contribution in [2.24, 2.45) is 0 Å². The number of aromatic nitrogens is 2. The molecule has 0 amide bonds. The third-order valence-corrected chi connectivity index (χ3v) is 5.49. The van der Waals surface area contributed by atoms with Gasteiger partial charge in [0.05, 0.1) is 10.9 Å². The quantitative estimate of drug-likeness (QED) is 0.438. The fourth-order valence-electron chi connectivity index (χ4n) is 3.76. The van der Waals surface area contributed by atoms with Gasteiger partial charge >= 0.3 is 0 Å². The first-order chi connectivity index (χ1) is 14.7. The molecule has 5 rings (SSSR count). The molecule has 30 heavy (non-hydrogen) atoms. The fraction of sp³-hybridized carbons (Fsp3) is 0.120. The van der Waals surface area contributed by atoms with Crippen molar-refractivity contribution >= 4 is 34.2 Å². The summed E-state index contributed by atoms with van der Waals surface area (Å²) >= 11 is 6.10. The first kappa shape index (κ1) is 18.6. The number of hydrogen-bond donors (Lipinski definition) is 0. The maximum Gasteiger partial charge on any atom is 0.261 e. The van der Waals surface area contributed by atoms with Crippen LogP contribution in [0.2, 0.25) is 5.02 Å². The number of fused-ring (bicyclic) bond motifs is 2. The number of hydrogen-bond acceptors (Lipinski definition) is 3. The van der Waals surface area contributed by atoms with Gasteiger partial charge in [-0.2, -0.15) is 0 Å². The molecule has 2 heterocycles. The van der Waals surface area contributed by atoms with E-state index in [1.165, 1.54) is 0 Å². The third-order valence-electron chi connectivity index (χ3n) is 5.26. The van der Waals surface area contributed by atoms with Crippen LogP contribution in [0.25, 0.3) is 22.6 Å². The normalized spacial score (nSPS) is 14.2. The Labute approximate surface area is 179 Å². The molecule has 0 radical (unpaired) electrons. The Morgan fingerprint density at radius 1 is 1.03 bits per heavy atom. The number of nitrogens with zero attached hydrogens (tertiary/aromatic N) is 2. The molecule has 0 aliphatic carbocycles. The second-order valence-corrected chi connectivity index (χ2v) is 7.76. The second kappa shape index (κ2) is 7.81. The van der Waals surface area contributed by atoms with Crippen LogP contribution in [-0.4, -0.2) is 9.55 Å². The highest BCUT2D eigenvalue weighted by Gasteiger charge is 2.21. The van der Waals surface area contributed by atoms with Crippen LogP contribution in [0.3, 0.4) is 0 Å². The number of allylic oxidation sites excluding steroid dienone is 1. The van der Waals surface area contributed by atoms with E-state index in [1.807, 2.05) is 54.6 Å². The zero-order valence-electron chi connectivity index (χ0n) is 16.2. The molecule has 3 aromatic carbocycles. The highest BCUT2D eigenvalue weighted by Crippen LogP contribution is 2.29. The highest BCUT2D eigenvalue weighted by atomic mass is 35.5. The summed E-state index contributed by atoms with van der Waals surface area (Å²) in [5, 5.41) is 1.17. The van der Waals surface area contributed by atoms with Crippen LogP contribution in [0.1, 0.15) is 23.4 Å². The zero-order valence-corrected chi connectivity index (χ0v) is 17.0. The van der Waals surface area contributed by atoms with E-state index in [2.05, 4.69) is 6.08 Å². The van der Waals surface area contributed by atoms with E-state index in [9.17, 15) is 4.79 Å². The van der Waals surface area contributed by atoms with E-state index < -0.39 is 0 Å². The van der Waals surface area contributed by atoms with E-state index in [0.29, 0.717) is 34.9 Å². The lowest BCUT2D eigenvalue weighted by atomic mass is 10.1. The van der Waals surface area contributed by atoms with Crippen LogP contribution in [0.5, 0.6) is 5.75 Å². The van der Waals surface area contributed by atoms with Gasteiger partial charge in [0, 0.05) is 11.6 Å². The molecule has 0 unspecified atom stereocenters. The Morgan fingerprint density at radius 3 is 2.77 bits per heavy atom. The molecular formula is C25H19ClN2O2. The summed E-state index contributed by atoms with van der Waals surface area (Å²) in [4.78, 5) is 17.6. The summed E-state index contributed by atoms with van der Waals surface area (Å²) in [6, 6.07) is 23.3. The SMILES string of the molecule is O=c1c2ccc(Cl)cc2nc2n1CC/C2=C\c1cccc(OCc2ccccc2)c1. The van der Waals surface area contributed by atoms with E-state index >= 15 is 0 Å². The minimum absolute atomic E-state index is 0.0185. The molecule has 0 bridgehead atoms. The topological polar surface area (TPSA) is 44.1 Å². The maximum atomic E-state index is 12.8. The van der Waals surface area contributed by atoms with Crippen molar-refractivity contribution in [3.05, 3.63) is 105 Å². The predicted molar refractivity (Wildman–Crippen MR) is 121 cm³/mol. The largest absolute Gasteiger partial charge is 0.489 e. The van der Waals surface area contributed by atoms with Gasteiger partial charge in [0.15, 0.2) is 0 Å². The average molecular weight is 415 g/mol. The van der Waals surface area contributed by atoms with Gasteiger partial charge in [-0.05, 0) is 59.5 Å². The summed E-state index contributed by atoms with van der Waals surface area (Å²) in [6.45, 7) is 1.16. The minimum Gasteiger partial charge on any atom is -0.489 e. The van der Waals surface area contributed by atoms with E-state index in [0.717, 1.165) is 28.9 Å². The zero-order chi connectivity index (χ0) is 20.5. The predicted octanol–water partition coefficient (Wildman–Crippen LogP) is 5.57. The molecule has 0 atom stereocenters. The summed E-state index contributed by atoms with van der Waals surface area (Å²) in [7, 11) is 0. The van der Waals surface area contributed by atoms with Crippen LogP contribution in [0.15, 0.2) is 77.6 Å². The van der Waals surface area contributed by atoms with Gasteiger partial charge in [-0.25, -0.2) is 4.98 Å². The second-order valence-electron chi connectivity index (χ2n) is 7.32. The van der Waals surface area contributed by atoms with Crippen LogP contribution < -0.4 is 10.3 Å². The van der Waals surface area contributed by atoms with Crippen molar-refractivity contribution in [2.45, 2.75) is 19.6 Å². The summed E-state index contributed by atoms with van der Waals surface area (Å²) in [5.74, 6) is 1.52. The average Bonchev–Trinajstić information content (AvgIpc) is 3.16. The lowest BCUT2D eigenvalue weighted by molar-refractivity contribution is 0.306. The van der Waals surface area contributed by atoms with Gasteiger partial charge < -0.3 is 4.74 Å². The molecule has 5 heteroatoms. The van der Waals surface area contributed by atoms with E-state index in [1.54, 1.807) is 22.8 Å². The van der Waals surface area contributed by atoms with Gasteiger partial charge in [-0.3, -0.25) is 9.36 Å². The summed E-state index contributed by atoms with van der Waals surface area (Å²) < 4.78 is 7.69. The van der Waals surface area contributed by atoms with Crippen LogP contribution >= 0.6 is 11.6 Å². The molecule has 0 saturated carbocycles. The first-order valence-electron chi connectivity index (χ1n) is 9.85. The molecule has 1 aliphatic heterocycles. The van der Waals surface area contributed by atoms with Crippen LogP contribution in [0, 0.1) is 0 Å². The van der Waals surface area contributed by atoms with Crippen molar-refractivity contribution in [1.82, 2.24) is 9.55 Å². The van der Waals surface area contributed by atoms with Gasteiger partial charge in [0.25, 0.3) is 5.56 Å². The van der Waals surface area contributed by atoms with Crippen LogP contribution in [0.4, 0.5) is 0 Å². The van der Waals surface area contributed by atoms with Gasteiger partial charge in [-0.15, -0.1) is 0 Å². The Bertz CT molecular complexity index is 1330. The van der Waals surface area contributed by atoms with Crippen LogP contribution in [-0.2, 0) is 13.2 Å². The fourth-order valence-corrected chi connectivity index (χ4v) is 3.93. The van der Waals surface area contributed by atoms with Crippen molar-refractivity contribution < 1.29 is 4.74 Å². The summed E-state index contributed by atoms with van der Waals surface area (Å²) in [6.07, 6.45) is 2.85.